The second kappa shape index (κ2) is 12.7. The number of rotatable bonds is 13. The first-order valence-corrected chi connectivity index (χ1v) is 12.1. The van der Waals surface area contributed by atoms with E-state index in [1.807, 2.05) is 18.2 Å². The minimum absolute atomic E-state index is 0.0958. The van der Waals surface area contributed by atoms with Gasteiger partial charge in [0, 0.05) is 37.0 Å². The van der Waals surface area contributed by atoms with Crippen molar-refractivity contribution in [1.29, 1.82) is 0 Å². The Labute approximate surface area is 220 Å². The molecule has 0 bridgehead atoms. The summed E-state index contributed by atoms with van der Waals surface area (Å²) in [7, 11) is 0. The highest BCUT2D eigenvalue weighted by atomic mass is 19.4. The largest absolute Gasteiger partial charge is 0.573 e. The summed E-state index contributed by atoms with van der Waals surface area (Å²) < 4.78 is 73.3. The Hall–Kier alpha value is -3.97. The molecule has 2 heterocycles. The Kier molecular flexibility index (Phi) is 9.15. The number of nitrogens with two attached hydrogens (primary N) is 1. The van der Waals surface area contributed by atoms with Crippen LogP contribution in [-0.4, -0.2) is 47.8 Å². The van der Waals surface area contributed by atoms with Gasteiger partial charge in [-0.05, 0) is 72.5 Å². The van der Waals surface area contributed by atoms with Gasteiger partial charge in [0.15, 0.2) is 11.6 Å². The first kappa shape index (κ1) is 28.0. The molecule has 0 atom stereocenters. The second-order valence-corrected chi connectivity index (χ2v) is 8.68. The van der Waals surface area contributed by atoms with Crippen molar-refractivity contribution in [2.75, 3.05) is 37.4 Å². The number of hydrogen-bond acceptors (Lipinski definition) is 7. The minimum Gasteiger partial charge on any atom is -0.399 e. The van der Waals surface area contributed by atoms with E-state index in [1.165, 1.54) is 0 Å². The van der Waals surface area contributed by atoms with Crippen molar-refractivity contribution in [2.45, 2.75) is 25.7 Å². The highest BCUT2D eigenvalue weighted by molar-refractivity contribution is 5.95. The lowest BCUT2D eigenvalue weighted by Gasteiger charge is -2.12. The SMILES string of the molecule is Nc1cc(-c2cc(NCCOCCCCNCc3cc(F)c(OC(F)(F)F)c(F)c3)c3cn[nH]c3c2)ccn1. The average molecular weight is 551 g/mol. The number of nitrogens with zero attached hydrogens (tertiary/aromatic N) is 2. The molecule has 208 valence electrons. The molecule has 0 unspecified atom stereocenters. The second-order valence-electron chi connectivity index (χ2n) is 8.68. The monoisotopic (exact) mass is 550 g/mol. The van der Waals surface area contributed by atoms with E-state index in [-0.39, 0.29) is 12.1 Å². The van der Waals surface area contributed by atoms with Crippen molar-refractivity contribution in [3.63, 3.8) is 0 Å². The number of H-pyrrole nitrogens is 1. The molecule has 2 aromatic carbocycles. The summed E-state index contributed by atoms with van der Waals surface area (Å²) in [4.78, 5) is 4.03. The number of anilines is 2. The van der Waals surface area contributed by atoms with Crippen LogP contribution in [0.15, 0.2) is 48.8 Å². The third-order valence-electron chi connectivity index (χ3n) is 5.73. The number of benzene rings is 2. The molecule has 0 aliphatic carbocycles. The Morgan fingerprint density at radius 1 is 0.949 bits per heavy atom. The Balaban J connectivity index is 1.14. The maximum atomic E-state index is 13.8. The van der Waals surface area contributed by atoms with E-state index < -0.39 is 23.7 Å². The van der Waals surface area contributed by atoms with Crippen LogP contribution < -0.4 is 21.1 Å². The summed E-state index contributed by atoms with van der Waals surface area (Å²) in [5.41, 5.74) is 9.69. The van der Waals surface area contributed by atoms with Gasteiger partial charge in [0.05, 0.1) is 18.3 Å². The maximum absolute atomic E-state index is 13.8. The lowest BCUT2D eigenvalue weighted by Crippen LogP contribution is -2.20. The molecule has 0 fully saturated rings. The molecule has 8 nitrogen and oxygen atoms in total. The molecule has 2 aromatic heterocycles. The number of alkyl halides is 3. The lowest BCUT2D eigenvalue weighted by atomic mass is 10.0. The summed E-state index contributed by atoms with van der Waals surface area (Å²) in [5.74, 6) is -3.84. The van der Waals surface area contributed by atoms with Gasteiger partial charge in [-0.2, -0.15) is 5.10 Å². The number of aromatic nitrogens is 3. The standard InChI is InChI=1S/C26H27F5N6O2/c27-20-9-16(10-21(28)25(20)39-26(29,30)31)14-33-4-1-2-7-38-8-6-34-22-11-18(12-23-19(22)15-36-37-23)17-3-5-35-24(32)13-17/h3,5,9-13,15,33-34H,1-2,4,6-8,14H2,(H2,32,35)(H,36,37). The molecule has 4 rings (SSSR count). The van der Waals surface area contributed by atoms with Crippen molar-refractivity contribution < 1.29 is 31.4 Å². The van der Waals surface area contributed by atoms with E-state index in [0.717, 1.165) is 52.7 Å². The molecule has 0 saturated carbocycles. The molecular formula is C26H27F5N6O2. The van der Waals surface area contributed by atoms with Gasteiger partial charge in [0.2, 0.25) is 5.75 Å². The number of aromatic amines is 1. The zero-order chi connectivity index (χ0) is 27.8. The summed E-state index contributed by atoms with van der Waals surface area (Å²) in [6.45, 7) is 2.21. The molecule has 13 heteroatoms. The topological polar surface area (TPSA) is 110 Å². The van der Waals surface area contributed by atoms with Crippen LogP contribution in [0.4, 0.5) is 33.5 Å². The molecule has 0 aliphatic heterocycles. The van der Waals surface area contributed by atoms with E-state index in [1.54, 1.807) is 18.5 Å². The number of hydrogen-bond donors (Lipinski definition) is 4. The Morgan fingerprint density at radius 2 is 1.74 bits per heavy atom. The van der Waals surface area contributed by atoms with Crippen molar-refractivity contribution >= 4 is 22.4 Å². The quantitative estimate of drug-likeness (QED) is 0.131. The zero-order valence-electron chi connectivity index (χ0n) is 20.7. The third-order valence-corrected chi connectivity index (χ3v) is 5.73. The molecule has 0 spiro atoms. The fourth-order valence-corrected chi connectivity index (χ4v) is 3.97. The van der Waals surface area contributed by atoms with E-state index in [4.69, 9.17) is 10.5 Å². The maximum Gasteiger partial charge on any atom is 0.573 e. The molecule has 0 saturated heterocycles. The van der Waals surface area contributed by atoms with Gasteiger partial charge in [-0.1, -0.05) is 0 Å². The van der Waals surface area contributed by atoms with E-state index in [0.29, 0.717) is 32.1 Å². The highest BCUT2D eigenvalue weighted by Crippen LogP contribution is 2.31. The lowest BCUT2D eigenvalue weighted by molar-refractivity contribution is -0.276. The van der Waals surface area contributed by atoms with Gasteiger partial charge in [-0.25, -0.2) is 13.8 Å². The van der Waals surface area contributed by atoms with Crippen LogP contribution in [0, 0.1) is 11.6 Å². The average Bonchev–Trinajstić information content (AvgIpc) is 3.36. The van der Waals surface area contributed by atoms with E-state index >= 15 is 0 Å². The fraction of sp³-hybridized carbons (Fsp3) is 0.308. The molecular weight excluding hydrogens is 523 g/mol. The predicted molar refractivity (Wildman–Crippen MR) is 137 cm³/mol. The van der Waals surface area contributed by atoms with Crippen molar-refractivity contribution in [1.82, 2.24) is 20.5 Å². The Morgan fingerprint density at radius 3 is 2.49 bits per heavy atom. The summed E-state index contributed by atoms with van der Waals surface area (Å²) in [5, 5.41) is 14.4. The van der Waals surface area contributed by atoms with Crippen LogP contribution >= 0.6 is 0 Å². The number of nitrogen functional groups attached to an aromatic ring is 1. The van der Waals surface area contributed by atoms with Gasteiger partial charge < -0.3 is 25.8 Å². The smallest absolute Gasteiger partial charge is 0.399 e. The normalized spacial score (nSPS) is 11.7. The predicted octanol–water partition coefficient (Wildman–Crippen LogP) is 5.38. The number of nitrogens with one attached hydrogen (secondary N) is 3. The van der Waals surface area contributed by atoms with Crippen LogP contribution in [0.2, 0.25) is 0 Å². The van der Waals surface area contributed by atoms with Gasteiger partial charge in [-0.15, -0.1) is 13.2 Å². The first-order chi connectivity index (χ1) is 18.7. The van der Waals surface area contributed by atoms with Gasteiger partial charge in [0.25, 0.3) is 0 Å². The number of pyridine rings is 1. The summed E-state index contributed by atoms with van der Waals surface area (Å²) in [6, 6.07) is 9.33. The van der Waals surface area contributed by atoms with Crippen LogP contribution in [0.1, 0.15) is 18.4 Å². The van der Waals surface area contributed by atoms with Gasteiger partial charge in [0.1, 0.15) is 5.82 Å². The zero-order valence-corrected chi connectivity index (χ0v) is 20.7. The molecule has 0 aliphatic rings. The molecule has 0 amide bonds. The summed E-state index contributed by atoms with van der Waals surface area (Å²) >= 11 is 0. The number of fused-ring (bicyclic) bond motifs is 1. The highest BCUT2D eigenvalue weighted by Gasteiger charge is 2.34. The van der Waals surface area contributed by atoms with E-state index in [9.17, 15) is 22.0 Å². The van der Waals surface area contributed by atoms with Crippen molar-refractivity contribution in [2.24, 2.45) is 0 Å². The van der Waals surface area contributed by atoms with Gasteiger partial charge >= 0.3 is 6.36 Å². The van der Waals surface area contributed by atoms with Crippen LogP contribution in [-0.2, 0) is 11.3 Å². The molecule has 39 heavy (non-hydrogen) atoms. The number of halogens is 5. The van der Waals surface area contributed by atoms with Crippen molar-refractivity contribution in [3.05, 3.63) is 66.0 Å². The van der Waals surface area contributed by atoms with Crippen LogP contribution in [0.3, 0.4) is 0 Å². The summed E-state index contributed by atoms with van der Waals surface area (Å²) in [6.07, 6.45) is -0.276. The number of ether oxygens (including phenoxy) is 2. The van der Waals surface area contributed by atoms with E-state index in [2.05, 4.69) is 30.6 Å². The van der Waals surface area contributed by atoms with Crippen LogP contribution in [0.5, 0.6) is 5.75 Å². The number of unbranched alkanes of at least 4 members (excludes halogenated alkanes) is 1. The minimum atomic E-state index is -5.17. The fourth-order valence-electron chi connectivity index (χ4n) is 3.97. The third kappa shape index (κ3) is 8.01. The molecule has 4 aromatic rings. The first-order valence-electron chi connectivity index (χ1n) is 12.1. The molecule has 0 radical (unpaired) electrons. The van der Waals surface area contributed by atoms with Gasteiger partial charge in [-0.3, -0.25) is 5.10 Å². The Bertz CT molecular complexity index is 1370. The van der Waals surface area contributed by atoms with Crippen molar-refractivity contribution in [3.8, 4) is 16.9 Å². The molecule has 5 N–H and O–H groups in total. The van der Waals surface area contributed by atoms with Crippen LogP contribution in [0.25, 0.3) is 22.0 Å².